The van der Waals surface area contributed by atoms with Gasteiger partial charge in [0.15, 0.2) is 0 Å². The van der Waals surface area contributed by atoms with E-state index in [1.54, 1.807) is 0 Å². The van der Waals surface area contributed by atoms with Crippen molar-refractivity contribution in [2.75, 3.05) is 13.1 Å². The summed E-state index contributed by atoms with van der Waals surface area (Å²) in [6, 6.07) is 10.4. The molecule has 3 heteroatoms. The number of hydrogen-bond acceptors (Lipinski definition) is 2. The zero-order valence-corrected chi connectivity index (χ0v) is 13.5. The molecule has 1 saturated heterocycles. The van der Waals surface area contributed by atoms with Crippen molar-refractivity contribution in [3.05, 3.63) is 35.9 Å². The van der Waals surface area contributed by atoms with Crippen LogP contribution in [0.25, 0.3) is 0 Å². The molecule has 0 unspecified atom stereocenters. The lowest BCUT2D eigenvalue weighted by atomic mass is 9.64. The van der Waals surface area contributed by atoms with Crippen molar-refractivity contribution in [2.45, 2.75) is 51.6 Å². The zero-order valence-electron chi connectivity index (χ0n) is 13.5. The van der Waals surface area contributed by atoms with Gasteiger partial charge in [0.1, 0.15) is 0 Å². The molecule has 2 fully saturated rings. The molecule has 0 spiro atoms. The minimum absolute atomic E-state index is 0.154. The summed E-state index contributed by atoms with van der Waals surface area (Å²) in [6.07, 6.45) is 5.72. The van der Waals surface area contributed by atoms with Crippen LogP contribution in [0.1, 0.15) is 44.6 Å². The Morgan fingerprint density at radius 2 is 1.91 bits per heavy atom. The van der Waals surface area contributed by atoms with Gasteiger partial charge in [-0.3, -0.25) is 4.79 Å². The van der Waals surface area contributed by atoms with Crippen LogP contribution in [0.2, 0.25) is 0 Å². The fourth-order valence-corrected chi connectivity index (χ4v) is 3.98. The van der Waals surface area contributed by atoms with Crippen molar-refractivity contribution >= 4 is 5.91 Å². The second-order valence-electron chi connectivity index (χ2n) is 7.17. The Labute approximate surface area is 133 Å². The Morgan fingerprint density at radius 3 is 2.41 bits per heavy atom. The Hall–Kier alpha value is -1.35. The van der Waals surface area contributed by atoms with Crippen LogP contribution in [0.3, 0.4) is 0 Å². The SMILES string of the molecule is C[C@H](O)C1CCN(C(=O)C2(Cc3ccccc3)CCC2)CC1. The van der Waals surface area contributed by atoms with Crippen LogP contribution in [0, 0.1) is 11.3 Å². The monoisotopic (exact) mass is 301 g/mol. The first-order chi connectivity index (χ1) is 10.6. The summed E-state index contributed by atoms with van der Waals surface area (Å²) in [4.78, 5) is 15.1. The molecule has 2 aliphatic rings. The summed E-state index contributed by atoms with van der Waals surface area (Å²) < 4.78 is 0. The first kappa shape index (κ1) is 15.5. The summed E-state index contributed by atoms with van der Waals surface area (Å²) in [5.74, 6) is 0.710. The van der Waals surface area contributed by atoms with Crippen LogP contribution in [0.5, 0.6) is 0 Å². The topological polar surface area (TPSA) is 40.5 Å². The lowest BCUT2D eigenvalue weighted by Gasteiger charge is -2.45. The number of benzene rings is 1. The van der Waals surface area contributed by atoms with Crippen molar-refractivity contribution < 1.29 is 9.90 Å². The molecule has 1 aliphatic heterocycles. The highest BCUT2D eigenvalue weighted by atomic mass is 16.3. The van der Waals surface area contributed by atoms with E-state index in [4.69, 9.17) is 0 Å². The highest BCUT2D eigenvalue weighted by molar-refractivity contribution is 5.84. The number of aliphatic hydroxyl groups excluding tert-OH is 1. The number of carbonyl (C=O) groups excluding carboxylic acids is 1. The average molecular weight is 301 g/mol. The molecule has 22 heavy (non-hydrogen) atoms. The lowest BCUT2D eigenvalue weighted by Crippen LogP contribution is -2.52. The Bertz CT molecular complexity index is 499. The minimum Gasteiger partial charge on any atom is -0.393 e. The van der Waals surface area contributed by atoms with E-state index in [2.05, 4.69) is 29.2 Å². The number of likely N-dealkylation sites (tertiary alicyclic amines) is 1. The molecule has 0 bridgehead atoms. The van der Waals surface area contributed by atoms with E-state index in [0.29, 0.717) is 11.8 Å². The van der Waals surface area contributed by atoms with E-state index >= 15 is 0 Å². The minimum atomic E-state index is -0.251. The second-order valence-corrected chi connectivity index (χ2v) is 7.17. The number of rotatable bonds is 4. The summed E-state index contributed by atoms with van der Waals surface area (Å²) in [6.45, 7) is 3.49. The predicted octanol–water partition coefficient (Wildman–Crippen LogP) is 3.02. The third-order valence-corrected chi connectivity index (χ3v) is 5.66. The van der Waals surface area contributed by atoms with Crippen LogP contribution in [0.15, 0.2) is 30.3 Å². The van der Waals surface area contributed by atoms with Gasteiger partial charge in [-0.2, -0.15) is 0 Å². The number of hydrogen-bond donors (Lipinski definition) is 1. The molecular weight excluding hydrogens is 274 g/mol. The van der Waals surface area contributed by atoms with Gasteiger partial charge in [-0.15, -0.1) is 0 Å². The van der Waals surface area contributed by atoms with Gasteiger partial charge in [0.2, 0.25) is 5.91 Å². The quantitative estimate of drug-likeness (QED) is 0.928. The van der Waals surface area contributed by atoms with Crippen molar-refractivity contribution in [2.24, 2.45) is 11.3 Å². The molecule has 1 N–H and O–H groups in total. The molecule has 1 heterocycles. The molecule has 1 aromatic carbocycles. The normalized spacial score (nSPS) is 22.9. The molecule has 1 atom stereocenters. The van der Waals surface area contributed by atoms with Crippen LogP contribution >= 0.6 is 0 Å². The van der Waals surface area contributed by atoms with E-state index < -0.39 is 0 Å². The van der Waals surface area contributed by atoms with E-state index in [1.807, 2.05) is 13.0 Å². The fourth-order valence-electron chi connectivity index (χ4n) is 3.98. The van der Waals surface area contributed by atoms with Crippen molar-refractivity contribution in [1.29, 1.82) is 0 Å². The largest absolute Gasteiger partial charge is 0.393 e. The van der Waals surface area contributed by atoms with E-state index in [-0.39, 0.29) is 11.5 Å². The molecule has 1 aromatic rings. The molecule has 3 rings (SSSR count). The van der Waals surface area contributed by atoms with Gasteiger partial charge in [-0.05, 0) is 50.5 Å². The number of amides is 1. The number of aliphatic hydroxyl groups is 1. The fraction of sp³-hybridized carbons (Fsp3) is 0.632. The summed E-state index contributed by atoms with van der Waals surface area (Å²) >= 11 is 0. The van der Waals surface area contributed by atoms with Gasteiger partial charge in [-0.25, -0.2) is 0 Å². The average Bonchev–Trinajstić information content (AvgIpc) is 2.51. The number of carbonyl (C=O) groups is 1. The molecular formula is C19H27NO2. The van der Waals surface area contributed by atoms with E-state index in [1.165, 1.54) is 12.0 Å². The summed E-state index contributed by atoms with van der Waals surface area (Å²) in [7, 11) is 0. The number of piperidine rings is 1. The molecule has 0 radical (unpaired) electrons. The molecule has 0 aromatic heterocycles. The molecule has 1 aliphatic carbocycles. The smallest absolute Gasteiger partial charge is 0.229 e. The van der Waals surface area contributed by atoms with E-state index in [0.717, 1.165) is 45.2 Å². The molecule has 3 nitrogen and oxygen atoms in total. The van der Waals surface area contributed by atoms with Gasteiger partial charge in [-0.1, -0.05) is 36.8 Å². The predicted molar refractivity (Wildman–Crippen MR) is 87.4 cm³/mol. The van der Waals surface area contributed by atoms with Gasteiger partial charge in [0, 0.05) is 13.1 Å². The van der Waals surface area contributed by atoms with Crippen molar-refractivity contribution in [3.63, 3.8) is 0 Å². The number of nitrogens with zero attached hydrogens (tertiary/aromatic N) is 1. The zero-order chi connectivity index (χ0) is 15.6. The molecule has 120 valence electrons. The van der Waals surface area contributed by atoms with Crippen LogP contribution in [0.4, 0.5) is 0 Å². The van der Waals surface area contributed by atoms with Crippen molar-refractivity contribution in [1.82, 2.24) is 4.90 Å². The first-order valence-electron chi connectivity index (χ1n) is 8.62. The maximum absolute atomic E-state index is 13.0. The second kappa shape index (κ2) is 6.41. The molecule has 1 amide bonds. The maximum atomic E-state index is 13.0. The molecule has 1 saturated carbocycles. The van der Waals surface area contributed by atoms with E-state index in [9.17, 15) is 9.90 Å². The standard InChI is InChI=1S/C19H27NO2/c1-15(21)17-8-12-20(13-9-17)18(22)19(10-5-11-19)14-16-6-3-2-4-7-16/h2-4,6-7,15,17,21H,5,8-14H2,1H3/t15-/m0/s1. The highest BCUT2D eigenvalue weighted by Gasteiger charge is 2.46. The van der Waals surface area contributed by atoms with Crippen LogP contribution < -0.4 is 0 Å². The van der Waals surface area contributed by atoms with Crippen molar-refractivity contribution in [3.8, 4) is 0 Å². The Balaban J connectivity index is 1.65. The summed E-state index contributed by atoms with van der Waals surface area (Å²) in [5, 5.41) is 9.71. The maximum Gasteiger partial charge on any atom is 0.229 e. The first-order valence-corrected chi connectivity index (χ1v) is 8.62. The third kappa shape index (κ3) is 3.05. The van der Waals surface area contributed by atoms with Crippen LogP contribution in [-0.4, -0.2) is 35.1 Å². The highest BCUT2D eigenvalue weighted by Crippen LogP contribution is 2.45. The summed E-state index contributed by atoms with van der Waals surface area (Å²) in [5.41, 5.74) is 1.12. The Kier molecular flexibility index (Phi) is 4.53. The van der Waals surface area contributed by atoms with Gasteiger partial charge in [0.25, 0.3) is 0 Å². The van der Waals surface area contributed by atoms with Gasteiger partial charge >= 0.3 is 0 Å². The third-order valence-electron chi connectivity index (χ3n) is 5.66. The lowest BCUT2D eigenvalue weighted by molar-refractivity contribution is -0.149. The van der Waals surface area contributed by atoms with Gasteiger partial charge < -0.3 is 10.0 Å². The van der Waals surface area contributed by atoms with Crippen LogP contribution in [-0.2, 0) is 11.2 Å². The Morgan fingerprint density at radius 1 is 1.27 bits per heavy atom. The van der Waals surface area contributed by atoms with Gasteiger partial charge in [0.05, 0.1) is 11.5 Å².